The number of carbonyl (C=O) groups is 4. The second-order valence-corrected chi connectivity index (χ2v) is 11.3. The van der Waals surface area contributed by atoms with Crippen LogP contribution in [0.15, 0.2) is 47.3 Å². The van der Waals surface area contributed by atoms with Crippen molar-refractivity contribution in [2.24, 2.45) is 28.6 Å². The lowest BCUT2D eigenvalue weighted by atomic mass is 9.43. The minimum Gasteiger partial charge on any atom is -0.472 e. The lowest BCUT2D eigenvalue weighted by Gasteiger charge is -2.61. The fraction of sp³-hybridized carbons (Fsp3) is 0.517. The van der Waals surface area contributed by atoms with Gasteiger partial charge in [0.2, 0.25) is 0 Å². The number of cyclic esters (lactones) is 1. The Balaban J connectivity index is 1.47. The third-order valence-electron chi connectivity index (χ3n) is 9.01. The number of esters is 3. The smallest absolute Gasteiger partial charge is 0.338 e. The SMILES string of the molecule is CC(=O)O[C@H]1C[C@@H](COC(=O)c2ccc(F)cc2)[C@]2(C)CC[C@H]3C(=O)O[C@H](c4ccoc4)C[C@]3(C)[C@H]2C1=O. The van der Waals surface area contributed by atoms with Crippen molar-refractivity contribution >= 4 is 23.7 Å². The summed E-state index contributed by atoms with van der Waals surface area (Å²) in [5.41, 5.74) is -0.472. The van der Waals surface area contributed by atoms with Crippen LogP contribution in [0.5, 0.6) is 0 Å². The number of carbonyl (C=O) groups excluding carboxylic acids is 4. The maximum Gasteiger partial charge on any atom is 0.338 e. The van der Waals surface area contributed by atoms with Crippen LogP contribution in [0, 0.1) is 34.4 Å². The van der Waals surface area contributed by atoms with E-state index in [9.17, 15) is 23.6 Å². The van der Waals surface area contributed by atoms with E-state index in [2.05, 4.69) is 0 Å². The Hall–Kier alpha value is -3.49. The Bertz CT molecular complexity index is 1240. The first kappa shape index (κ1) is 26.1. The van der Waals surface area contributed by atoms with Gasteiger partial charge in [0.05, 0.1) is 30.6 Å². The zero-order chi connectivity index (χ0) is 27.2. The minimum absolute atomic E-state index is 0.00932. The number of benzene rings is 1. The Labute approximate surface area is 219 Å². The van der Waals surface area contributed by atoms with Crippen molar-refractivity contribution in [1.82, 2.24) is 0 Å². The number of ketones is 1. The third-order valence-corrected chi connectivity index (χ3v) is 9.01. The highest BCUT2D eigenvalue weighted by molar-refractivity contribution is 5.91. The van der Waals surface area contributed by atoms with Gasteiger partial charge in [-0.3, -0.25) is 14.4 Å². The normalized spacial score (nSPS) is 34.5. The quantitative estimate of drug-likeness (QED) is 0.403. The maximum absolute atomic E-state index is 14.0. The molecule has 1 aromatic heterocycles. The molecule has 1 aromatic carbocycles. The molecule has 38 heavy (non-hydrogen) atoms. The molecule has 2 aromatic rings. The zero-order valence-corrected chi connectivity index (χ0v) is 21.6. The topological polar surface area (TPSA) is 109 Å². The van der Waals surface area contributed by atoms with Gasteiger partial charge in [0, 0.05) is 24.3 Å². The molecule has 202 valence electrons. The summed E-state index contributed by atoms with van der Waals surface area (Å²) in [6, 6.07) is 6.81. The van der Waals surface area contributed by atoms with Crippen molar-refractivity contribution in [3.05, 3.63) is 59.8 Å². The van der Waals surface area contributed by atoms with E-state index in [1.165, 1.54) is 43.7 Å². The molecule has 7 atom stereocenters. The summed E-state index contributed by atoms with van der Waals surface area (Å²) in [6.07, 6.45) is 3.14. The lowest BCUT2D eigenvalue weighted by Crippen LogP contribution is -2.64. The number of halogens is 1. The van der Waals surface area contributed by atoms with E-state index in [0.717, 1.165) is 5.56 Å². The monoisotopic (exact) mass is 526 g/mol. The first-order valence-electron chi connectivity index (χ1n) is 12.9. The third kappa shape index (κ3) is 4.41. The molecule has 8 nitrogen and oxygen atoms in total. The molecule has 3 aliphatic rings. The average Bonchev–Trinajstić information content (AvgIpc) is 3.39. The number of fused-ring (bicyclic) bond motifs is 3. The first-order valence-corrected chi connectivity index (χ1v) is 12.9. The highest BCUT2D eigenvalue weighted by atomic mass is 19.1. The number of hydrogen-bond donors (Lipinski definition) is 0. The van der Waals surface area contributed by atoms with Gasteiger partial charge >= 0.3 is 17.9 Å². The van der Waals surface area contributed by atoms with Crippen LogP contribution in [-0.2, 0) is 28.6 Å². The Morgan fingerprint density at radius 3 is 2.50 bits per heavy atom. The van der Waals surface area contributed by atoms with Gasteiger partial charge in [-0.15, -0.1) is 0 Å². The summed E-state index contributed by atoms with van der Waals surface area (Å²) in [5.74, 6) is -3.66. The van der Waals surface area contributed by atoms with Crippen molar-refractivity contribution in [1.29, 1.82) is 0 Å². The fourth-order valence-electron chi connectivity index (χ4n) is 7.17. The van der Waals surface area contributed by atoms with Crippen LogP contribution in [-0.4, -0.2) is 36.4 Å². The maximum atomic E-state index is 14.0. The molecule has 0 spiro atoms. The van der Waals surface area contributed by atoms with E-state index in [0.29, 0.717) is 19.3 Å². The summed E-state index contributed by atoms with van der Waals surface area (Å²) < 4.78 is 35.4. The van der Waals surface area contributed by atoms with Crippen molar-refractivity contribution in [2.45, 2.75) is 58.7 Å². The lowest BCUT2D eigenvalue weighted by molar-refractivity contribution is -0.209. The van der Waals surface area contributed by atoms with Gasteiger partial charge in [0.1, 0.15) is 11.9 Å². The summed E-state index contributed by atoms with van der Waals surface area (Å²) >= 11 is 0. The zero-order valence-electron chi connectivity index (χ0n) is 21.6. The fourth-order valence-corrected chi connectivity index (χ4v) is 7.17. The van der Waals surface area contributed by atoms with Crippen molar-refractivity contribution in [2.75, 3.05) is 6.61 Å². The van der Waals surface area contributed by atoms with Crippen LogP contribution >= 0.6 is 0 Å². The summed E-state index contributed by atoms with van der Waals surface area (Å²) in [4.78, 5) is 51.9. The Kier molecular flexibility index (Phi) is 6.65. The molecule has 0 N–H and O–H groups in total. The second-order valence-electron chi connectivity index (χ2n) is 11.3. The van der Waals surface area contributed by atoms with Gasteiger partial charge in [-0.05, 0) is 66.8 Å². The second kappa shape index (κ2) is 9.67. The number of rotatable bonds is 5. The van der Waals surface area contributed by atoms with E-state index in [4.69, 9.17) is 18.6 Å². The molecule has 3 fully saturated rings. The summed E-state index contributed by atoms with van der Waals surface area (Å²) in [5, 5.41) is 0. The molecule has 2 heterocycles. The molecule has 1 aliphatic heterocycles. The number of Topliss-reactive ketones (excluding diaryl/α,β-unsaturated/α-hetero) is 1. The van der Waals surface area contributed by atoms with Gasteiger partial charge in [-0.2, -0.15) is 0 Å². The van der Waals surface area contributed by atoms with E-state index < -0.39 is 52.6 Å². The molecule has 0 unspecified atom stereocenters. The highest BCUT2D eigenvalue weighted by Gasteiger charge is 2.66. The minimum atomic E-state index is -1.01. The Morgan fingerprint density at radius 1 is 1.11 bits per heavy atom. The highest BCUT2D eigenvalue weighted by Crippen LogP contribution is 2.65. The number of hydrogen-bond acceptors (Lipinski definition) is 8. The van der Waals surface area contributed by atoms with Crippen molar-refractivity contribution < 1.29 is 42.2 Å². The van der Waals surface area contributed by atoms with Gasteiger partial charge in [0.15, 0.2) is 11.9 Å². The molecule has 1 saturated heterocycles. The van der Waals surface area contributed by atoms with Crippen LogP contribution in [0.1, 0.15) is 68.5 Å². The van der Waals surface area contributed by atoms with Gasteiger partial charge in [-0.1, -0.05) is 13.8 Å². The average molecular weight is 527 g/mol. The molecule has 0 bridgehead atoms. The Morgan fingerprint density at radius 2 is 1.84 bits per heavy atom. The molecule has 0 radical (unpaired) electrons. The van der Waals surface area contributed by atoms with Crippen LogP contribution in [0.4, 0.5) is 4.39 Å². The predicted octanol–water partition coefficient (Wildman–Crippen LogP) is 4.82. The van der Waals surface area contributed by atoms with Crippen molar-refractivity contribution in [3.63, 3.8) is 0 Å². The molecular weight excluding hydrogens is 495 g/mol. The summed E-state index contributed by atoms with van der Waals surface area (Å²) in [7, 11) is 0. The largest absolute Gasteiger partial charge is 0.472 e. The summed E-state index contributed by atoms with van der Waals surface area (Å²) in [6.45, 7) is 5.20. The predicted molar refractivity (Wildman–Crippen MR) is 130 cm³/mol. The van der Waals surface area contributed by atoms with Crippen LogP contribution in [0.3, 0.4) is 0 Å². The molecule has 9 heteroatoms. The molecule has 5 rings (SSSR count). The van der Waals surface area contributed by atoms with Crippen molar-refractivity contribution in [3.8, 4) is 0 Å². The van der Waals surface area contributed by atoms with Crippen LogP contribution in [0.25, 0.3) is 0 Å². The number of ether oxygens (including phenoxy) is 3. The number of furan rings is 1. The van der Waals surface area contributed by atoms with Gasteiger partial charge in [0.25, 0.3) is 0 Å². The van der Waals surface area contributed by atoms with E-state index in [1.807, 2.05) is 13.8 Å². The molecular formula is C29H31FO8. The molecule has 2 saturated carbocycles. The standard InChI is InChI=1S/C29H31FO8/c1-16(31)37-22-12-19(15-36-26(33)17-4-6-20(30)7-5-17)28(2)10-8-21-27(34)38-23(18-9-11-35-14-18)13-29(21,3)25(28)24(22)32/h4-7,9,11,14,19,21-23,25H,8,10,12-13,15H2,1-3H3/t19-,21-,22-,23-,25-,28-,29-/m0/s1. The molecule has 0 amide bonds. The van der Waals surface area contributed by atoms with Crippen LogP contribution < -0.4 is 0 Å². The van der Waals surface area contributed by atoms with E-state index in [1.54, 1.807) is 6.07 Å². The van der Waals surface area contributed by atoms with Gasteiger partial charge < -0.3 is 18.6 Å². The first-order chi connectivity index (χ1) is 18.0. The van der Waals surface area contributed by atoms with Gasteiger partial charge in [-0.25, -0.2) is 9.18 Å². The van der Waals surface area contributed by atoms with Crippen LogP contribution in [0.2, 0.25) is 0 Å². The van der Waals surface area contributed by atoms with E-state index >= 15 is 0 Å². The van der Waals surface area contributed by atoms with E-state index in [-0.39, 0.29) is 36.3 Å². The molecule has 2 aliphatic carbocycles.